The molecule has 22 heavy (non-hydrogen) atoms. The van der Waals surface area contributed by atoms with E-state index < -0.39 is 11.6 Å². The summed E-state index contributed by atoms with van der Waals surface area (Å²) in [5, 5.41) is 5.87. The Morgan fingerprint density at radius 1 is 1.18 bits per heavy atom. The molecular weight excluding hydrogens is 288 g/mol. The predicted molar refractivity (Wildman–Crippen MR) is 84.0 cm³/mol. The third kappa shape index (κ3) is 4.03. The zero-order valence-electron chi connectivity index (χ0n) is 12.5. The third-order valence-corrected chi connectivity index (χ3v) is 3.08. The second-order valence-electron chi connectivity index (χ2n) is 5.34. The molecule has 1 aromatic heterocycles. The van der Waals surface area contributed by atoms with E-state index in [9.17, 15) is 8.78 Å². The van der Waals surface area contributed by atoms with Crippen molar-refractivity contribution < 1.29 is 8.78 Å². The molecule has 0 saturated heterocycles. The zero-order chi connectivity index (χ0) is 16.1. The number of rotatable bonds is 6. The van der Waals surface area contributed by atoms with Gasteiger partial charge in [0.15, 0.2) is 11.6 Å². The molecule has 5 nitrogen and oxygen atoms in total. The molecular formula is C15H19F2N5. The van der Waals surface area contributed by atoms with Crippen LogP contribution in [-0.4, -0.2) is 16.5 Å². The molecule has 0 aliphatic rings. The number of halogens is 2. The number of anilines is 4. The number of nitrogens with zero attached hydrogens (tertiary/aromatic N) is 2. The average Bonchev–Trinajstić information content (AvgIpc) is 2.45. The Hall–Kier alpha value is -2.44. The van der Waals surface area contributed by atoms with Crippen LogP contribution >= 0.6 is 0 Å². The van der Waals surface area contributed by atoms with Gasteiger partial charge in [0, 0.05) is 12.6 Å². The number of hydrogen-bond acceptors (Lipinski definition) is 5. The second-order valence-corrected chi connectivity index (χ2v) is 5.34. The van der Waals surface area contributed by atoms with E-state index in [1.807, 2.05) is 0 Å². The molecule has 0 aliphatic heterocycles. The van der Waals surface area contributed by atoms with Gasteiger partial charge in [-0.2, -0.15) is 0 Å². The van der Waals surface area contributed by atoms with Crippen LogP contribution in [0.4, 0.5) is 31.8 Å². The second kappa shape index (κ2) is 7.02. The maximum absolute atomic E-state index is 13.7. The van der Waals surface area contributed by atoms with Crippen LogP contribution in [0.5, 0.6) is 0 Å². The van der Waals surface area contributed by atoms with E-state index in [2.05, 4.69) is 34.4 Å². The van der Waals surface area contributed by atoms with Crippen molar-refractivity contribution in [2.45, 2.75) is 20.3 Å². The van der Waals surface area contributed by atoms with Crippen LogP contribution in [0.2, 0.25) is 0 Å². The molecule has 0 radical (unpaired) electrons. The van der Waals surface area contributed by atoms with Crippen molar-refractivity contribution in [1.29, 1.82) is 0 Å². The molecule has 0 aliphatic carbocycles. The average molecular weight is 307 g/mol. The highest BCUT2D eigenvalue weighted by atomic mass is 19.1. The first-order chi connectivity index (χ1) is 10.5. The summed E-state index contributed by atoms with van der Waals surface area (Å²) >= 11 is 0. The minimum Gasteiger partial charge on any atom is -0.393 e. The van der Waals surface area contributed by atoms with Crippen LogP contribution in [0.1, 0.15) is 20.3 Å². The normalized spacial score (nSPS) is 10.8. The Bertz CT molecular complexity index is 646. The molecule has 0 bridgehead atoms. The summed E-state index contributed by atoms with van der Waals surface area (Å²) in [6, 6.07) is 3.24. The maximum atomic E-state index is 13.7. The van der Waals surface area contributed by atoms with Gasteiger partial charge in [-0.3, -0.25) is 0 Å². The van der Waals surface area contributed by atoms with Gasteiger partial charge in [-0.15, -0.1) is 0 Å². The van der Waals surface area contributed by atoms with Crippen LogP contribution in [0.3, 0.4) is 0 Å². The summed E-state index contributed by atoms with van der Waals surface area (Å²) < 4.78 is 26.6. The van der Waals surface area contributed by atoms with Crippen molar-refractivity contribution >= 4 is 23.0 Å². The molecule has 0 amide bonds. The van der Waals surface area contributed by atoms with Crippen molar-refractivity contribution in [3.63, 3.8) is 0 Å². The fourth-order valence-electron chi connectivity index (χ4n) is 1.83. The van der Waals surface area contributed by atoms with E-state index in [1.165, 1.54) is 12.4 Å². The van der Waals surface area contributed by atoms with Crippen molar-refractivity contribution in [1.82, 2.24) is 9.97 Å². The van der Waals surface area contributed by atoms with Crippen LogP contribution in [-0.2, 0) is 0 Å². The highest BCUT2D eigenvalue weighted by molar-refractivity contribution is 5.77. The monoisotopic (exact) mass is 307 g/mol. The lowest BCUT2D eigenvalue weighted by Gasteiger charge is -2.13. The molecule has 118 valence electrons. The summed E-state index contributed by atoms with van der Waals surface area (Å²) in [7, 11) is 0. The number of aromatic nitrogens is 2. The van der Waals surface area contributed by atoms with Gasteiger partial charge in [0.1, 0.15) is 23.6 Å². The number of hydrogen-bond donors (Lipinski definition) is 3. The number of nitrogens with two attached hydrogens (primary N) is 1. The lowest BCUT2D eigenvalue weighted by molar-refractivity contribution is 0.586. The summed E-state index contributed by atoms with van der Waals surface area (Å²) in [5.74, 6) is -0.0447. The number of nitrogens with one attached hydrogen (secondary N) is 2. The van der Waals surface area contributed by atoms with Gasteiger partial charge in [-0.25, -0.2) is 18.7 Å². The van der Waals surface area contributed by atoms with Gasteiger partial charge in [0.2, 0.25) is 0 Å². The summed E-state index contributed by atoms with van der Waals surface area (Å²) in [5.41, 5.74) is 6.37. The maximum Gasteiger partial charge on any atom is 0.159 e. The first kappa shape index (κ1) is 15.9. The van der Waals surface area contributed by atoms with Gasteiger partial charge in [0.25, 0.3) is 0 Å². The Morgan fingerprint density at radius 2 is 1.91 bits per heavy atom. The van der Waals surface area contributed by atoms with Gasteiger partial charge < -0.3 is 16.4 Å². The molecule has 0 saturated carbocycles. The number of nitrogen functional groups attached to an aromatic ring is 1. The molecule has 0 unspecified atom stereocenters. The molecule has 7 heteroatoms. The van der Waals surface area contributed by atoms with E-state index in [0.717, 1.165) is 25.1 Å². The van der Waals surface area contributed by atoms with Crippen LogP contribution in [0.15, 0.2) is 24.5 Å². The van der Waals surface area contributed by atoms with Gasteiger partial charge >= 0.3 is 0 Å². The van der Waals surface area contributed by atoms with Crippen molar-refractivity contribution in [3.8, 4) is 0 Å². The Morgan fingerprint density at radius 3 is 2.59 bits per heavy atom. The standard InChI is InChI=1S/C15H19F2N5/c1-9(2)5-6-19-14-13(18)15(21-8-20-14)22-12-4-3-10(16)7-11(12)17/h3-4,7-9H,5-6,18H2,1-2H3,(H2,19,20,21,22). The Balaban J connectivity index is 2.14. The minimum atomic E-state index is -0.715. The van der Waals surface area contributed by atoms with E-state index >= 15 is 0 Å². The lowest BCUT2D eigenvalue weighted by atomic mass is 10.1. The van der Waals surface area contributed by atoms with Crippen LogP contribution in [0, 0.1) is 17.6 Å². The van der Waals surface area contributed by atoms with E-state index in [4.69, 9.17) is 5.73 Å². The largest absolute Gasteiger partial charge is 0.393 e. The number of benzene rings is 1. The quantitative estimate of drug-likeness (QED) is 0.761. The topological polar surface area (TPSA) is 75.9 Å². The minimum absolute atomic E-state index is 0.0972. The third-order valence-electron chi connectivity index (χ3n) is 3.08. The lowest BCUT2D eigenvalue weighted by Crippen LogP contribution is -2.10. The zero-order valence-corrected chi connectivity index (χ0v) is 12.5. The highest BCUT2D eigenvalue weighted by Crippen LogP contribution is 2.27. The van der Waals surface area contributed by atoms with Crippen molar-refractivity contribution in [2.24, 2.45) is 5.92 Å². The Kier molecular flexibility index (Phi) is 5.08. The van der Waals surface area contributed by atoms with Crippen molar-refractivity contribution in [3.05, 3.63) is 36.2 Å². The fourth-order valence-corrected chi connectivity index (χ4v) is 1.83. The molecule has 1 aromatic carbocycles. The van der Waals surface area contributed by atoms with E-state index in [1.54, 1.807) is 0 Å². The molecule has 0 atom stereocenters. The molecule has 1 heterocycles. The molecule has 0 fully saturated rings. The SMILES string of the molecule is CC(C)CCNc1ncnc(Nc2ccc(F)cc2F)c1N. The summed E-state index contributed by atoms with van der Waals surface area (Å²) in [4.78, 5) is 8.07. The summed E-state index contributed by atoms with van der Waals surface area (Å²) in [6.07, 6.45) is 2.30. The fraction of sp³-hybridized carbons (Fsp3) is 0.333. The molecule has 4 N–H and O–H groups in total. The first-order valence-electron chi connectivity index (χ1n) is 7.03. The van der Waals surface area contributed by atoms with E-state index in [0.29, 0.717) is 11.7 Å². The molecule has 0 spiro atoms. The van der Waals surface area contributed by atoms with Gasteiger partial charge in [0.05, 0.1) is 5.69 Å². The Labute approximate surface area is 128 Å². The van der Waals surface area contributed by atoms with Gasteiger partial charge in [-0.05, 0) is 24.5 Å². The summed E-state index contributed by atoms with van der Waals surface area (Å²) in [6.45, 7) is 4.97. The van der Waals surface area contributed by atoms with E-state index in [-0.39, 0.29) is 17.2 Å². The molecule has 2 aromatic rings. The van der Waals surface area contributed by atoms with Crippen LogP contribution < -0.4 is 16.4 Å². The van der Waals surface area contributed by atoms with Crippen LogP contribution in [0.25, 0.3) is 0 Å². The smallest absolute Gasteiger partial charge is 0.159 e. The van der Waals surface area contributed by atoms with Crippen molar-refractivity contribution in [2.75, 3.05) is 22.9 Å². The predicted octanol–water partition coefficient (Wildman–Crippen LogP) is 3.54. The highest BCUT2D eigenvalue weighted by Gasteiger charge is 2.11. The first-order valence-corrected chi connectivity index (χ1v) is 7.03. The van der Waals surface area contributed by atoms with Gasteiger partial charge in [-0.1, -0.05) is 13.8 Å². The molecule has 2 rings (SSSR count).